The highest BCUT2D eigenvalue weighted by Crippen LogP contribution is 2.27. The Morgan fingerprint density at radius 1 is 1.24 bits per heavy atom. The zero-order chi connectivity index (χ0) is 20.6. The number of carbonyl (C=O) groups excluding carboxylic acids is 1. The van der Waals surface area contributed by atoms with E-state index < -0.39 is 0 Å². The van der Waals surface area contributed by atoms with Gasteiger partial charge in [0.05, 0.1) is 32.6 Å². The van der Waals surface area contributed by atoms with E-state index in [1.165, 1.54) is 0 Å². The SMILES string of the molecule is COc1cccc(C(=O)NC(=NC[C@H]2CCCO2)Nc2cc(Cl)ccc2OC)c1. The summed E-state index contributed by atoms with van der Waals surface area (Å²) in [6, 6.07) is 12.1. The molecule has 0 saturated carbocycles. The Bertz CT molecular complexity index is 882. The molecule has 2 aromatic rings. The fourth-order valence-electron chi connectivity index (χ4n) is 2.94. The van der Waals surface area contributed by atoms with Gasteiger partial charge >= 0.3 is 0 Å². The number of anilines is 1. The molecule has 2 N–H and O–H groups in total. The second-order valence-electron chi connectivity index (χ2n) is 6.48. The van der Waals surface area contributed by atoms with E-state index in [0.29, 0.717) is 34.3 Å². The number of methoxy groups -OCH3 is 2. The Morgan fingerprint density at radius 3 is 2.83 bits per heavy atom. The number of aliphatic imine (C=N–C) groups is 1. The van der Waals surface area contributed by atoms with Gasteiger partial charge in [0, 0.05) is 17.2 Å². The number of carbonyl (C=O) groups is 1. The van der Waals surface area contributed by atoms with Crippen molar-refractivity contribution in [2.45, 2.75) is 18.9 Å². The number of ether oxygens (including phenoxy) is 3. The molecule has 0 aromatic heterocycles. The number of nitrogens with one attached hydrogen (secondary N) is 2. The number of guanidine groups is 1. The van der Waals surface area contributed by atoms with Gasteiger partial charge in [-0.1, -0.05) is 17.7 Å². The predicted octanol–water partition coefficient (Wildman–Crippen LogP) is 3.73. The Labute approximate surface area is 175 Å². The molecule has 7 nitrogen and oxygen atoms in total. The summed E-state index contributed by atoms with van der Waals surface area (Å²) in [5, 5.41) is 6.47. The van der Waals surface area contributed by atoms with Crippen LogP contribution in [0.4, 0.5) is 5.69 Å². The van der Waals surface area contributed by atoms with E-state index in [9.17, 15) is 4.79 Å². The van der Waals surface area contributed by atoms with E-state index >= 15 is 0 Å². The minimum absolute atomic E-state index is 0.0433. The molecule has 0 radical (unpaired) electrons. The molecule has 1 aliphatic heterocycles. The normalized spacial score (nSPS) is 16.4. The summed E-state index contributed by atoms with van der Waals surface area (Å²) in [6.45, 7) is 1.17. The lowest BCUT2D eigenvalue weighted by Crippen LogP contribution is -2.36. The Kier molecular flexibility index (Phi) is 7.32. The quantitative estimate of drug-likeness (QED) is 0.552. The van der Waals surface area contributed by atoms with Crippen LogP contribution in [0.5, 0.6) is 11.5 Å². The van der Waals surface area contributed by atoms with Crippen LogP contribution in [0.15, 0.2) is 47.5 Å². The van der Waals surface area contributed by atoms with Crippen LogP contribution in [0.3, 0.4) is 0 Å². The zero-order valence-electron chi connectivity index (χ0n) is 16.4. The second-order valence-corrected chi connectivity index (χ2v) is 6.92. The molecule has 1 amide bonds. The molecular formula is C21H24ClN3O4. The summed E-state index contributed by atoms with van der Waals surface area (Å²) in [5.74, 6) is 1.15. The fourth-order valence-corrected chi connectivity index (χ4v) is 3.11. The van der Waals surface area contributed by atoms with Crippen LogP contribution in [0.25, 0.3) is 0 Å². The van der Waals surface area contributed by atoms with E-state index in [-0.39, 0.29) is 18.0 Å². The van der Waals surface area contributed by atoms with Crippen molar-refractivity contribution in [3.8, 4) is 11.5 Å². The molecule has 29 heavy (non-hydrogen) atoms. The number of amides is 1. The smallest absolute Gasteiger partial charge is 0.258 e. The molecule has 0 spiro atoms. The first-order valence-electron chi connectivity index (χ1n) is 9.31. The van der Waals surface area contributed by atoms with Crippen molar-refractivity contribution in [1.82, 2.24) is 5.32 Å². The third kappa shape index (κ3) is 5.85. The highest BCUT2D eigenvalue weighted by molar-refractivity contribution is 6.31. The summed E-state index contributed by atoms with van der Waals surface area (Å²) in [5.41, 5.74) is 1.05. The summed E-state index contributed by atoms with van der Waals surface area (Å²) < 4.78 is 16.2. The molecule has 2 aromatic carbocycles. The predicted molar refractivity (Wildman–Crippen MR) is 113 cm³/mol. The van der Waals surface area contributed by atoms with Gasteiger partial charge in [-0.05, 0) is 49.2 Å². The number of hydrogen-bond acceptors (Lipinski definition) is 5. The van der Waals surface area contributed by atoms with Gasteiger partial charge in [-0.2, -0.15) is 0 Å². The van der Waals surface area contributed by atoms with Crippen LogP contribution < -0.4 is 20.1 Å². The van der Waals surface area contributed by atoms with Crippen molar-refractivity contribution >= 4 is 29.2 Å². The summed E-state index contributed by atoms with van der Waals surface area (Å²) in [6.07, 6.45) is 2.00. The standard InChI is InChI=1S/C21H24ClN3O4/c1-27-16-6-3-5-14(11-16)20(26)25-21(23-13-17-7-4-10-29-17)24-18-12-15(22)8-9-19(18)28-2/h3,5-6,8-9,11-12,17H,4,7,10,13H2,1-2H3,(H2,23,24,25,26)/t17-/m1/s1. The molecule has 1 heterocycles. The molecule has 8 heteroatoms. The van der Waals surface area contributed by atoms with Crippen LogP contribution in [0, 0.1) is 0 Å². The monoisotopic (exact) mass is 417 g/mol. The van der Waals surface area contributed by atoms with Gasteiger partial charge < -0.3 is 19.5 Å². The number of benzene rings is 2. The topological polar surface area (TPSA) is 81.2 Å². The number of nitrogens with zero attached hydrogens (tertiary/aromatic N) is 1. The van der Waals surface area contributed by atoms with Crippen LogP contribution in [-0.2, 0) is 4.74 Å². The average molecular weight is 418 g/mol. The van der Waals surface area contributed by atoms with Gasteiger partial charge in [0.1, 0.15) is 11.5 Å². The zero-order valence-corrected chi connectivity index (χ0v) is 17.2. The van der Waals surface area contributed by atoms with Gasteiger partial charge in [-0.15, -0.1) is 0 Å². The van der Waals surface area contributed by atoms with Crippen LogP contribution in [0.2, 0.25) is 5.02 Å². The lowest BCUT2D eigenvalue weighted by molar-refractivity contribution is 0.0975. The van der Waals surface area contributed by atoms with E-state index in [1.807, 2.05) is 0 Å². The number of rotatable bonds is 6. The van der Waals surface area contributed by atoms with Crippen molar-refractivity contribution in [3.63, 3.8) is 0 Å². The molecule has 0 aliphatic carbocycles. The van der Waals surface area contributed by atoms with Gasteiger partial charge in [-0.25, -0.2) is 4.99 Å². The van der Waals surface area contributed by atoms with E-state index in [1.54, 1.807) is 56.7 Å². The molecule has 1 atom stereocenters. The van der Waals surface area contributed by atoms with E-state index in [0.717, 1.165) is 19.4 Å². The Hall–Kier alpha value is -2.77. The maximum atomic E-state index is 12.8. The minimum Gasteiger partial charge on any atom is -0.497 e. The number of halogens is 1. The Morgan fingerprint density at radius 2 is 2.10 bits per heavy atom. The first-order valence-corrected chi connectivity index (χ1v) is 9.69. The second kappa shape index (κ2) is 10.1. The van der Waals surface area contributed by atoms with Crippen molar-refractivity contribution in [1.29, 1.82) is 0 Å². The lowest BCUT2D eigenvalue weighted by Gasteiger charge is -2.16. The third-order valence-electron chi connectivity index (χ3n) is 4.46. The summed E-state index contributed by atoms with van der Waals surface area (Å²) in [4.78, 5) is 17.3. The Balaban J connectivity index is 1.81. The van der Waals surface area contributed by atoms with Gasteiger partial charge in [0.25, 0.3) is 5.91 Å². The summed E-state index contributed by atoms with van der Waals surface area (Å²) >= 11 is 6.12. The van der Waals surface area contributed by atoms with Crippen LogP contribution in [-0.4, -0.2) is 45.3 Å². The molecule has 1 aliphatic rings. The highest BCUT2D eigenvalue weighted by Gasteiger charge is 2.17. The molecular weight excluding hydrogens is 394 g/mol. The average Bonchev–Trinajstić information content (AvgIpc) is 3.26. The lowest BCUT2D eigenvalue weighted by atomic mass is 10.2. The van der Waals surface area contributed by atoms with Crippen LogP contribution >= 0.6 is 11.6 Å². The van der Waals surface area contributed by atoms with Gasteiger partial charge in [-0.3, -0.25) is 10.1 Å². The highest BCUT2D eigenvalue weighted by atomic mass is 35.5. The molecule has 0 unspecified atom stereocenters. The molecule has 0 bridgehead atoms. The minimum atomic E-state index is -0.316. The van der Waals surface area contributed by atoms with E-state index in [2.05, 4.69) is 15.6 Å². The molecule has 154 valence electrons. The van der Waals surface area contributed by atoms with E-state index in [4.69, 9.17) is 25.8 Å². The van der Waals surface area contributed by atoms with Crippen molar-refractivity contribution < 1.29 is 19.0 Å². The molecule has 1 fully saturated rings. The van der Waals surface area contributed by atoms with Gasteiger partial charge in [0.15, 0.2) is 0 Å². The first-order chi connectivity index (χ1) is 14.1. The first kappa shape index (κ1) is 21.0. The molecule has 1 saturated heterocycles. The van der Waals surface area contributed by atoms with Crippen molar-refractivity contribution in [2.24, 2.45) is 4.99 Å². The van der Waals surface area contributed by atoms with Crippen molar-refractivity contribution in [2.75, 3.05) is 32.7 Å². The fraction of sp³-hybridized carbons (Fsp3) is 0.333. The van der Waals surface area contributed by atoms with Crippen molar-refractivity contribution in [3.05, 3.63) is 53.1 Å². The largest absolute Gasteiger partial charge is 0.497 e. The third-order valence-corrected chi connectivity index (χ3v) is 4.69. The van der Waals surface area contributed by atoms with Crippen LogP contribution in [0.1, 0.15) is 23.2 Å². The summed E-state index contributed by atoms with van der Waals surface area (Å²) in [7, 11) is 3.12. The maximum absolute atomic E-state index is 12.8. The van der Waals surface area contributed by atoms with Gasteiger partial charge in [0.2, 0.25) is 5.96 Å². The number of hydrogen-bond donors (Lipinski definition) is 2. The maximum Gasteiger partial charge on any atom is 0.258 e. The molecule has 3 rings (SSSR count).